The molecule has 0 amide bonds. The number of rotatable bonds is 3. The lowest BCUT2D eigenvalue weighted by atomic mass is 9.98. The lowest BCUT2D eigenvalue weighted by Crippen LogP contribution is -2.01. The van der Waals surface area contributed by atoms with E-state index < -0.39 is 0 Å². The number of para-hydroxylation sites is 1. The smallest absolute Gasteiger partial charge is 0.166 e. The molecule has 5 aromatic carbocycles. The van der Waals surface area contributed by atoms with Crippen LogP contribution in [0.5, 0.6) is 0 Å². The van der Waals surface area contributed by atoms with Crippen LogP contribution in [0.4, 0.5) is 0 Å². The predicted octanol–water partition coefficient (Wildman–Crippen LogP) is 8.97. The lowest BCUT2D eigenvalue weighted by Gasteiger charge is -2.12. The van der Waals surface area contributed by atoms with Crippen molar-refractivity contribution in [2.75, 3.05) is 0 Å². The first-order valence-corrected chi connectivity index (χ1v) is 13.6. The van der Waals surface area contributed by atoms with Crippen molar-refractivity contribution in [3.63, 3.8) is 0 Å². The first-order valence-electron chi connectivity index (χ1n) is 13.6. The fraction of sp³-hybridized carbons (Fsp3) is 0. The number of benzene rings is 5. The summed E-state index contributed by atoms with van der Waals surface area (Å²) in [6.45, 7) is 0. The molecule has 9 rings (SSSR count). The van der Waals surface area contributed by atoms with Gasteiger partial charge in [-0.15, -0.1) is 0 Å². The normalized spacial score (nSPS) is 11.9. The second-order valence-corrected chi connectivity index (χ2v) is 10.3. The molecule has 0 unspecified atom stereocenters. The highest BCUT2D eigenvalue weighted by Gasteiger charge is 2.24. The van der Waals surface area contributed by atoms with E-state index in [2.05, 4.69) is 65.6 Å². The maximum absolute atomic E-state index is 6.13. The largest absolute Gasteiger partial charge is 0.454 e. The SMILES string of the molecule is c1ccc(-c2nc(-c3ccc4c5c(cccc35)-c3ccccc3-4)nc(-c3cncc4oc5ccccc5c34)n2)cc1. The molecule has 0 N–H and O–H groups in total. The molecule has 0 bridgehead atoms. The van der Waals surface area contributed by atoms with Gasteiger partial charge < -0.3 is 4.42 Å². The molecule has 1 aliphatic carbocycles. The Bertz CT molecular complexity index is 2290. The Morgan fingerprint density at radius 1 is 0.390 bits per heavy atom. The third kappa shape index (κ3) is 3.23. The number of pyridine rings is 1. The van der Waals surface area contributed by atoms with Crippen LogP contribution in [-0.2, 0) is 0 Å². The van der Waals surface area contributed by atoms with Crippen LogP contribution in [0.3, 0.4) is 0 Å². The molecule has 0 atom stereocenters. The van der Waals surface area contributed by atoms with Crippen LogP contribution < -0.4 is 0 Å². The number of furan rings is 1. The van der Waals surface area contributed by atoms with Crippen molar-refractivity contribution in [2.24, 2.45) is 0 Å². The zero-order valence-corrected chi connectivity index (χ0v) is 21.7. The molecule has 0 fully saturated rings. The van der Waals surface area contributed by atoms with Crippen molar-refractivity contribution < 1.29 is 4.42 Å². The van der Waals surface area contributed by atoms with Gasteiger partial charge in [0.1, 0.15) is 5.58 Å². The highest BCUT2D eigenvalue weighted by molar-refractivity contribution is 6.18. The Morgan fingerprint density at radius 3 is 1.88 bits per heavy atom. The second kappa shape index (κ2) is 8.41. The molecule has 190 valence electrons. The van der Waals surface area contributed by atoms with E-state index in [-0.39, 0.29) is 0 Å². The van der Waals surface area contributed by atoms with Crippen molar-refractivity contribution in [3.8, 4) is 56.4 Å². The summed E-state index contributed by atoms with van der Waals surface area (Å²) in [5, 5.41) is 4.31. The molecule has 0 radical (unpaired) electrons. The first kappa shape index (κ1) is 22.2. The summed E-state index contributed by atoms with van der Waals surface area (Å²) in [5.74, 6) is 1.80. The van der Waals surface area contributed by atoms with Gasteiger partial charge >= 0.3 is 0 Å². The maximum atomic E-state index is 6.13. The molecule has 8 aromatic rings. The van der Waals surface area contributed by atoms with E-state index in [1.807, 2.05) is 54.7 Å². The van der Waals surface area contributed by atoms with Gasteiger partial charge in [-0.05, 0) is 45.2 Å². The third-order valence-corrected chi connectivity index (χ3v) is 7.98. The number of nitrogens with zero attached hydrogens (tertiary/aromatic N) is 4. The maximum Gasteiger partial charge on any atom is 0.166 e. The standard InChI is InChI=1S/C36H20N4O/c1-2-9-21(10-3-1)34-38-35(27-18-17-26-23-12-5-4-11-22(23)24-14-8-15-25(27)32(24)26)40-36(39-34)29-19-37-20-31-33(29)28-13-6-7-16-30(28)41-31/h1-20H. The molecule has 0 saturated heterocycles. The number of fused-ring (bicyclic) bond motifs is 6. The third-order valence-electron chi connectivity index (χ3n) is 7.98. The average molecular weight is 525 g/mol. The Morgan fingerprint density at radius 2 is 1.02 bits per heavy atom. The van der Waals surface area contributed by atoms with E-state index in [0.29, 0.717) is 23.1 Å². The molecule has 5 heteroatoms. The van der Waals surface area contributed by atoms with Gasteiger partial charge in [-0.25, -0.2) is 15.0 Å². The number of hydrogen-bond acceptors (Lipinski definition) is 5. The lowest BCUT2D eigenvalue weighted by molar-refractivity contribution is 0.667. The Labute approximate surface area is 234 Å². The van der Waals surface area contributed by atoms with E-state index >= 15 is 0 Å². The summed E-state index contributed by atoms with van der Waals surface area (Å²) in [5.41, 5.74) is 9.22. The topological polar surface area (TPSA) is 64.7 Å². The van der Waals surface area contributed by atoms with E-state index in [1.165, 1.54) is 27.6 Å². The van der Waals surface area contributed by atoms with E-state index in [0.717, 1.165) is 38.4 Å². The Balaban J connectivity index is 1.34. The van der Waals surface area contributed by atoms with Gasteiger partial charge in [0.25, 0.3) is 0 Å². The zero-order valence-electron chi connectivity index (χ0n) is 21.7. The number of hydrogen-bond donors (Lipinski definition) is 0. The molecule has 3 aromatic heterocycles. The molecule has 0 spiro atoms. The van der Waals surface area contributed by atoms with Crippen LogP contribution in [0, 0.1) is 0 Å². The van der Waals surface area contributed by atoms with E-state index in [9.17, 15) is 0 Å². The summed E-state index contributed by atoms with van der Waals surface area (Å²) in [7, 11) is 0. The van der Waals surface area contributed by atoms with Crippen LogP contribution in [0.2, 0.25) is 0 Å². The van der Waals surface area contributed by atoms with Gasteiger partial charge in [-0.3, -0.25) is 4.98 Å². The van der Waals surface area contributed by atoms with E-state index in [4.69, 9.17) is 19.4 Å². The first-order chi connectivity index (χ1) is 20.3. The Hall–Kier alpha value is -5.68. The molecule has 0 saturated carbocycles. The summed E-state index contributed by atoms with van der Waals surface area (Å²) >= 11 is 0. The van der Waals surface area contributed by atoms with Gasteiger partial charge in [0, 0.05) is 33.7 Å². The molecular weight excluding hydrogens is 504 g/mol. The molecule has 5 nitrogen and oxygen atoms in total. The fourth-order valence-electron chi connectivity index (χ4n) is 6.18. The summed E-state index contributed by atoms with van der Waals surface area (Å²) in [4.78, 5) is 19.6. The molecule has 0 aliphatic heterocycles. The monoisotopic (exact) mass is 524 g/mol. The number of aromatic nitrogens is 4. The van der Waals surface area contributed by atoms with Gasteiger partial charge in [0.05, 0.1) is 6.20 Å². The molecule has 1 aliphatic rings. The second-order valence-electron chi connectivity index (χ2n) is 10.3. The predicted molar refractivity (Wildman–Crippen MR) is 163 cm³/mol. The van der Waals surface area contributed by atoms with Gasteiger partial charge in [0.2, 0.25) is 0 Å². The van der Waals surface area contributed by atoms with Gasteiger partial charge in [0.15, 0.2) is 23.1 Å². The van der Waals surface area contributed by atoms with Crippen molar-refractivity contribution in [1.82, 2.24) is 19.9 Å². The highest BCUT2D eigenvalue weighted by Crippen LogP contribution is 2.49. The minimum absolute atomic E-state index is 0.560. The van der Waals surface area contributed by atoms with Crippen molar-refractivity contribution in [2.45, 2.75) is 0 Å². The summed E-state index contributed by atoms with van der Waals surface area (Å²) in [6, 6.07) is 37.5. The summed E-state index contributed by atoms with van der Waals surface area (Å²) < 4.78 is 6.13. The van der Waals surface area contributed by atoms with Crippen molar-refractivity contribution >= 4 is 32.7 Å². The van der Waals surface area contributed by atoms with Gasteiger partial charge in [-0.1, -0.05) is 97.1 Å². The minimum atomic E-state index is 0.560. The quantitative estimate of drug-likeness (QED) is 0.231. The molecular formula is C36H20N4O. The van der Waals surface area contributed by atoms with Crippen LogP contribution in [0.1, 0.15) is 0 Å². The van der Waals surface area contributed by atoms with Crippen LogP contribution >= 0.6 is 0 Å². The highest BCUT2D eigenvalue weighted by atomic mass is 16.3. The van der Waals surface area contributed by atoms with Crippen LogP contribution in [0.15, 0.2) is 126 Å². The fourth-order valence-corrected chi connectivity index (χ4v) is 6.18. The van der Waals surface area contributed by atoms with Gasteiger partial charge in [-0.2, -0.15) is 0 Å². The molecule has 3 heterocycles. The van der Waals surface area contributed by atoms with E-state index in [1.54, 1.807) is 6.20 Å². The average Bonchev–Trinajstić information content (AvgIpc) is 3.59. The van der Waals surface area contributed by atoms with Crippen molar-refractivity contribution in [1.29, 1.82) is 0 Å². The summed E-state index contributed by atoms with van der Waals surface area (Å²) in [6.07, 6.45) is 3.57. The van der Waals surface area contributed by atoms with Crippen LogP contribution in [-0.4, -0.2) is 19.9 Å². The zero-order chi connectivity index (χ0) is 26.9. The minimum Gasteiger partial charge on any atom is -0.454 e. The molecule has 41 heavy (non-hydrogen) atoms. The van der Waals surface area contributed by atoms with Crippen LogP contribution in [0.25, 0.3) is 89.1 Å². The Kier molecular flexibility index (Phi) is 4.55. The van der Waals surface area contributed by atoms with Crippen molar-refractivity contribution in [3.05, 3.63) is 122 Å².